The molecule has 1 atom stereocenters. The molecular formula is C9H10Br2N2O. The highest BCUT2D eigenvalue weighted by Crippen LogP contribution is 2.07. The summed E-state index contributed by atoms with van der Waals surface area (Å²) in [6.07, 6.45) is 1.60. The first-order chi connectivity index (χ1) is 6.59. The van der Waals surface area contributed by atoms with E-state index in [1.807, 2.05) is 6.92 Å². The van der Waals surface area contributed by atoms with E-state index in [0.717, 1.165) is 4.47 Å². The third kappa shape index (κ3) is 3.75. The lowest BCUT2D eigenvalue weighted by Crippen LogP contribution is -2.28. The fourth-order valence-corrected chi connectivity index (χ4v) is 1.23. The average molecular weight is 322 g/mol. The van der Waals surface area contributed by atoms with E-state index in [0.29, 0.717) is 12.2 Å². The Morgan fingerprint density at radius 3 is 2.86 bits per heavy atom. The molecule has 1 aromatic rings. The number of hydrogen-bond donors (Lipinski definition) is 1. The Balaban J connectivity index is 2.57. The molecule has 0 aromatic carbocycles. The lowest BCUT2D eigenvalue weighted by Gasteiger charge is -2.05. The zero-order valence-electron chi connectivity index (χ0n) is 7.63. The number of carbonyl (C=O) groups is 1. The van der Waals surface area contributed by atoms with Crippen LogP contribution in [0, 0.1) is 0 Å². The fourth-order valence-electron chi connectivity index (χ4n) is 0.834. The molecular weight excluding hydrogens is 312 g/mol. The molecule has 1 heterocycles. The van der Waals surface area contributed by atoms with E-state index in [9.17, 15) is 4.79 Å². The predicted octanol–water partition coefficient (Wildman–Crippen LogP) is 2.36. The molecule has 0 aliphatic rings. The third-order valence-corrected chi connectivity index (χ3v) is 2.30. The molecule has 3 nitrogen and oxygen atoms in total. The van der Waals surface area contributed by atoms with Crippen LogP contribution in [-0.2, 0) is 0 Å². The number of nitrogens with zero attached hydrogens (tertiary/aromatic N) is 1. The van der Waals surface area contributed by atoms with Crippen molar-refractivity contribution in [2.45, 2.75) is 11.8 Å². The topological polar surface area (TPSA) is 42.0 Å². The minimum atomic E-state index is -0.149. The van der Waals surface area contributed by atoms with Crippen molar-refractivity contribution in [2.75, 3.05) is 6.54 Å². The number of pyridine rings is 1. The minimum Gasteiger partial charge on any atom is -0.350 e. The zero-order chi connectivity index (χ0) is 10.6. The van der Waals surface area contributed by atoms with Gasteiger partial charge in [0.25, 0.3) is 5.91 Å². The van der Waals surface area contributed by atoms with E-state index in [4.69, 9.17) is 0 Å². The molecule has 1 amide bonds. The Morgan fingerprint density at radius 1 is 1.64 bits per heavy atom. The second-order valence-corrected chi connectivity index (χ2v) is 5.33. The van der Waals surface area contributed by atoms with Gasteiger partial charge in [0.15, 0.2) is 0 Å². The van der Waals surface area contributed by atoms with Crippen LogP contribution in [0.25, 0.3) is 0 Å². The summed E-state index contributed by atoms with van der Waals surface area (Å²) in [6, 6.07) is 3.47. The highest BCUT2D eigenvalue weighted by atomic mass is 79.9. The normalized spacial score (nSPS) is 12.2. The summed E-state index contributed by atoms with van der Waals surface area (Å²) in [6.45, 7) is 2.56. The highest BCUT2D eigenvalue weighted by molar-refractivity contribution is 9.10. The smallest absolute Gasteiger partial charge is 0.269 e. The van der Waals surface area contributed by atoms with Gasteiger partial charge in [0.05, 0.1) is 0 Å². The van der Waals surface area contributed by atoms with Crippen molar-refractivity contribution < 1.29 is 4.79 Å². The summed E-state index contributed by atoms with van der Waals surface area (Å²) in [7, 11) is 0. The maximum absolute atomic E-state index is 11.5. The van der Waals surface area contributed by atoms with Gasteiger partial charge in [-0.2, -0.15) is 0 Å². The van der Waals surface area contributed by atoms with Crippen molar-refractivity contribution in [1.29, 1.82) is 0 Å². The van der Waals surface area contributed by atoms with Gasteiger partial charge in [-0.1, -0.05) is 22.9 Å². The molecule has 14 heavy (non-hydrogen) atoms. The van der Waals surface area contributed by atoms with Gasteiger partial charge in [-0.15, -0.1) is 0 Å². The van der Waals surface area contributed by atoms with Crippen LogP contribution >= 0.6 is 31.9 Å². The van der Waals surface area contributed by atoms with Crippen molar-refractivity contribution in [3.8, 4) is 0 Å². The van der Waals surface area contributed by atoms with E-state index in [1.54, 1.807) is 18.3 Å². The van der Waals surface area contributed by atoms with Crippen LogP contribution < -0.4 is 5.32 Å². The van der Waals surface area contributed by atoms with Crippen LogP contribution in [-0.4, -0.2) is 22.3 Å². The summed E-state index contributed by atoms with van der Waals surface area (Å²) in [5.74, 6) is -0.149. The third-order valence-electron chi connectivity index (χ3n) is 1.50. The molecule has 0 saturated carbocycles. The number of hydrogen-bond acceptors (Lipinski definition) is 2. The van der Waals surface area contributed by atoms with E-state index in [1.165, 1.54) is 0 Å². The van der Waals surface area contributed by atoms with Gasteiger partial charge in [0.2, 0.25) is 0 Å². The maximum Gasteiger partial charge on any atom is 0.269 e. The van der Waals surface area contributed by atoms with Crippen LogP contribution in [0.2, 0.25) is 0 Å². The van der Waals surface area contributed by atoms with Crippen LogP contribution in [0.15, 0.2) is 22.8 Å². The van der Waals surface area contributed by atoms with Crippen molar-refractivity contribution in [1.82, 2.24) is 10.3 Å². The van der Waals surface area contributed by atoms with E-state index in [2.05, 4.69) is 42.2 Å². The Hall–Kier alpha value is -0.420. The number of amides is 1. The largest absolute Gasteiger partial charge is 0.350 e. The summed E-state index contributed by atoms with van der Waals surface area (Å²) in [5.41, 5.74) is 0.432. The molecule has 0 fully saturated rings. The fraction of sp³-hybridized carbons (Fsp3) is 0.333. The number of aromatic nitrogens is 1. The number of alkyl halides is 1. The molecule has 0 bridgehead atoms. The first-order valence-electron chi connectivity index (χ1n) is 4.13. The van der Waals surface area contributed by atoms with Gasteiger partial charge in [0.1, 0.15) is 5.69 Å². The maximum atomic E-state index is 11.5. The molecule has 0 radical (unpaired) electrons. The number of carbonyl (C=O) groups excluding carboxylic acids is 1. The minimum absolute atomic E-state index is 0.149. The van der Waals surface area contributed by atoms with Crippen LogP contribution in [0.4, 0.5) is 0 Å². The Labute approximate surface area is 99.6 Å². The second kappa shape index (κ2) is 5.46. The summed E-state index contributed by atoms with van der Waals surface area (Å²) in [5, 5.41) is 2.75. The molecule has 0 saturated heterocycles. The first kappa shape index (κ1) is 11.7. The van der Waals surface area contributed by atoms with Gasteiger partial charge in [-0.25, -0.2) is 4.98 Å². The van der Waals surface area contributed by atoms with Gasteiger partial charge in [-0.05, 0) is 28.1 Å². The molecule has 5 heteroatoms. The molecule has 1 unspecified atom stereocenters. The van der Waals surface area contributed by atoms with Crippen LogP contribution in [0.3, 0.4) is 0 Å². The molecule has 0 aliphatic carbocycles. The SMILES string of the molecule is CC(Br)CNC(=O)c1ccc(Br)cn1. The molecule has 1 aromatic heterocycles. The van der Waals surface area contributed by atoms with Crippen LogP contribution in [0.1, 0.15) is 17.4 Å². The van der Waals surface area contributed by atoms with Gasteiger partial charge < -0.3 is 5.32 Å². The van der Waals surface area contributed by atoms with Crippen LogP contribution in [0.5, 0.6) is 0 Å². The Kier molecular flexibility index (Phi) is 4.54. The number of nitrogens with one attached hydrogen (secondary N) is 1. The average Bonchev–Trinajstić information content (AvgIpc) is 2.15. The zero-order valence-corrected chi connectivity index (χ0v) is 10.8. The monoisotopic (exact) mass is 320 g/mol. The van der Waals surface area contributed by atoms with E-state index >= 15 is 0 Å². The lowest BCUT2D eigenvalue weighted by atomic mass is 10.3. The predicted molar refractivity (Wildman–Crippen MR) is 62.7 cm³/mol. The summed E-state index contributed by atoms with van der Waals surface area (Å²) < 4.78 is 0.864. The molecule has 76 valence electrons. The summed E-state index contributed by atoms with van der Waals surface area (Å²) in [4.78, 5) is 15.7. The van der Waals surface area contributed by atoms with Crippen molar-refractivity contribution >= 4 is 37.8 Å². The van der Waals surface area contributed by atoms with Crippen molar-refractivity contribution in [2.24, 2.45) is 0 Å². The second-order valence-electron chi connectivity index (χ2n) is 2.85. The lowest BCUT2D eigenvalue weighted by molar-refractivity contribution is 0.0949. The van der Waals surface area contributed by atoms with E-state index in [-0.39, 0.29) is 10.7 Å². The van der Waals surface area contributed by atoms with Gasteiger partial charge in [0, 0.05) is 22.0 Å². The molecule has 1 N–H and O–H groups in total. The van der Waals surface area contributed by atoms with Gasteiger partial charge >= 0.3 is 0 Å². The van der Waals surface area contributed by atoms with Gasteiger partial charge in [-0.3, -0.25) is 4.79 Å². The Morgan fingerprint density at radius 2 is 2.36 bits per heavy atom. The number of rotatable bonds is 3. The standard InChI is InChI=1S/C9H10Br2N2O/c1-6(10)4-13-9(14)8-3-2-7(11)5-12-8/h2-3,5-6H,4H2,1H3,(H,13,14). The number of halogens is 2. The van der Waals surface area contributed by atoms with Crippen molar-refractivity contribution in [3.05, 3.63) is 28.5 Å². The van der Waals surface area contributed by atoms with Crippen molar-refractivity contribution in [3.63, 3.8) is 0 Å². The molecule has 1 rings (SSSR count). The molecule has 0 aliphatic heterocycles. The highest BCUT2D eigenvalue weighted by Gasteiger charge is 2.06. The van der Waals surface area contributed by atoms with E-state index < -0.39 is 0 Å². The summed E-state index contributed by atoms with van der Waals surface area (Å²) >= 11 is 6.60. The molecule has 0 spiro atoms. The quantitative estimate of drug-likeness (QED) is 0.868. The first-order valence-corrected chi connectivity index (χ1v) is 5.84. The Bertz CT molecular complexity index is 311.